The molecular weight excluding hydrogens is 443 g/mol. The Hall–Kier alpha value is -3.18. The first kappa shape index (κ1) is 24.5. The number of hydrazone groups is 1. The first-order valence-electron chi connectivity index (χ1n) is 10.3. The second-order valence-electron chi connectivity index (χ2n) is 9.13. The van der Waals surface area contributed by atoms with E-state index >= 15 is 0 Å². The van der Waals surface area contributed by atoms with Crippen molar-refractivity contribution < 1.29 is 23.0 Å². The molecule has 0 aliphatic carbocycles. The number of aryl methyl sites for hydroxylation is 2. The van der Waals surface area contributed by atoms with Crippen molar-refractivity contribution in [3.63, 3.8) is 0 Å². The van der Waals surface area contributed by atoms with E-state index in [0.717, 1.165) is 17.4 Å². The molecule has 0 saturated carbocycles. The first-order chi connectivity index (χ1) is 15.2. The van der Waals surface area contributed by atoms with Gasteiger partial charge in [-0.3, -0.25) is 15.0 Å². The number of rotatable bonds is 3. The van der Waals surface area contributed by atoms with Gasteiger partial charge in [-0.25, -0.2) is 17.8 Å². The number of amides is 2. The van der Waals surface area contributed by atoms with Gasteiger partial charge in [-0.2, -0.15) is 5.10 Å². The number of carbonyl (C=O) groups is 2. The summed E-state index contributed by atoms with van der Waals surface area (Å²) in [6.07, 6.45) is 2.23. The molecule has 0 bridgehead atoms. The molecule has 1 aliphatic heterocycles. The largest absolute Gasteiger partial charge is 0.484 e. The molecule has 9 nitrogen and oxygen atoms in total. The van der Waals surface area contributed by atoms with Gasteiger partial charge in [0.1, 0.15) is 0 Å². The average Bonchev–Trinajstić information content (AvgIpc) is 2.69. The molecule has 1 heterocycles. The molecular formula is C22H27BN4O5S. The smallest absolute Gasteiger partial charge is 0.427 e. The summed E-state index contributed by atoms with van der Waals surface area (Å²) < 4.78 is 24.3. The molecule has 1 aliphatic rings. The van der Waals surface area contributed by atoms with E-state index in [1.54, 1.807) is 39.0 Å². The Morgan fingerprint density at radius 3 is 2.21 bits per heavy atom. The maximum Gasteiger partial charge on any atom is 0.484 e. The summed E-state index contributed by atoms with van der Waals surface area (Å²) in [5.41, 5.74) is 5.09. The fourth-order valence-corrected chi connectivity index (χ4v) is 4.24. The molecule has 174 valence electrons. The third-order valence-corrected chi connectivity index (χ3v) is 6.02. The van der Waals surface area contributed by atoms with Crippen LogP contribution in [-0.2, 0) is 10.0 Å². The highest BCUT2D eigenvalue weighted by atomic mass is 32.2. The van der Waals surface area contributed by atoms with Gasteiger partial charge in [-0.15, -0.1) is 0 Å². The number of hydrogen-bond donors (Lipinski definition) is 2. The molecule has 2 N–H and O–H groups in total. The van der Waals surface area contributed by atoms with E-state index < -0.39 is 28.5 Å². The molecule has 2 aromatic rings. The average molecular weight is 470 g/mol. The van der Waals surface area contributed by atoms with Crippen LogP contribution in [0.2, 0.25) is 0 Å². The van der Waals surface area contributed by atoms with Gasteiger partial charge in [-0.1, -0.05) is 23.3 Å². The lowest BCUT2D eigenvalue weighted by Crippen LogP contribution is -2.56. The van der Waals surface area contributed by atoms with Crippen molar-refractivity contribution in [2.75, 3.05) is 6.26 Å². The summed E-state index contributed by atoms with van der Waals surface area (Å²) >= 11 is 0. The highest BCUT2D eigenvalue weighted by Gasteiger charge is 2.36. The molecule has 0 atom stereocenters. The van der Waals surface area contributed by atoms with Crippen molar-refractivity contribution >= 4 is 40.6 Å². The third-order valence-electron chi connectivity index (χ3n) is 5.04. The van der Waals surface area contributed by atoms with Crippen molar-refractivity contribution in [1.82, 2.24) is 14.8 Å². The van der Waals surface area contributed by atoms with Crippen molar-refractivity contribution in [1.29, 1.82) is 0 Å². The molecule has 0 unspecified atom stereocenters. The Bertz CT molecular complexity index is 1230. The van der Waals surface area contributed by atoms with E-state index in [-0.39, 0.29) is 16.9 Å². The standard InChI is InChI=1S/C22H27BN4O5S/c1-14-9-15(2)11-18(10-14)21(29)26(22(3,4)5)25-20(28)16-7-8-17-13-24-27(33(6,31)32)23(30)19(17)12-16/h7-13,30H,1-6H3,(H,25,28). The highest BCUT2D eigenvalue weighted by molar-refractivity contribution is 7.89. The Morgan fingerprint density at radius 2 is 1.67 bits per heavy atom. The number of hydrogen-bond acceptors (Lipinski definition) is 6. The van der Waals surface area contributed by atoms with Gasteiger partial charge < -0.3 is 5.02 Å². The van der Waals surface area contributed by atoms with Crippen LogP contribution in [0.4, 0.5) is 0 Å². The van der Waals surface area contributed by atoms with Crippen LogP contribution in [-0.4, -0.2) is 59.7 Å². The van der Waals surface area contributed by atoms with Crippen LogP contribution in [0.5, 0.6) is 0 Å². The van der Waals surface area contributed by atoms with Gasteiger partial charge in [0, 0.05) is 11.1 Å². The van der Waals surface area contributed by atoms with Crippen LogP contribution in [0.3, 0.4) is 0 Å². The summed E-state index contributed by atoms with van der Waals surface area (Å²) in [6.45, 7) is 9.18. The second-order valence-corrected chi connectivity index (χ2v) is 11.0. The van der Waals surface area contributed by atoms with E-state index in [0.29, 0.717) is 15.5 Å². The van der Waals surface area contributed by atoms with Gasteiger partial charge in [0.05, 0.1) is 18.0 Å². The Labute approximate surface area is 194 Å². The molecule has 33 heavy (non-hydrogen) atoms. The SMILES string of the molecule is Cc1cc(C)cc(C(=O)N(NC(=O)c2ccc3c(c2)B(O)N(S(C)(=O)=O)N=C3)C(C)(C)C)c1. The lowest BCUT2D eigenvalue weighted by atomic mass is 9.71. The molecule has 0 spiro atoms. The minimum absolute atomic E-state index is 0.152. The van der Waals surface area contributed by atoms with Crippen LogP contribution in [0, 0.1) is 13.8 Å². The second kappa shape index (κ2) is 8.64. The maximum atomic E-state index is 13.3. The zero-order valence-electron chi connectivity index (χ0n) is 19.4. The molecule has 2 amide bonds. The van der Waals surface area contributed by atoms with Crippen LogP contribution in [0.25, 0.3) is 0 Å². The van der Waals surface area contributed by atoms with E-state index in [9.17, 15) is 23.0 Å². The topological polar surface area (TPSA) is 119 Å². The quantitative estimate of drug-likeness (QED) is 0.516. The number of fused-ring (bicyclic) bond motifs is 1. The monoisotopic (exact) mass is 470 g/mol. The third kappa shape index (κ3) is 5.26. The van der Waals surface area contributed by atoms with Crippen molar-refractivity contribution in [2.24, 2.45) is 5.10 Å². The zero-order valence-corrected chi connectivity index (χ0v) is 20.3. The summed E-state index contributed by atoms with van der Waals surface area (Å²) in [4.78, 5) is 26.4. The van der Waals surface area contributed by atoms with Crippen LogP contribution < -0.4 is 10.9 Å². The zero-order chi connectivity index (χ0) is 24.7. The van der Waals surface area contributed by atoms with Crippen molar-refractivity contribution in [3.8, 4) is 0 Å². The molecule has 0 fully saturated rings. The summed E-state index contributed by atoms with van der Waals surface area (Å²) in [7, 11) is -5.37. The summed E-state index contributed by atoms with van der Waals surface area (Å²) in [5.74, 6) is -0.943. The predicted molar refractivity (Wildman–Crippen MR) is 128 cm³/mol. The fourth-order valence-electron chi connectivity index (χ4n) is 3.54. The molecule has 2 aromatic carbocycles. The fraction of sp³-hybridized carbons (Fsp3) is 0.318. The highest BCUT2D eigenvalue weighted by Crippen LogP contribution is 2.18. The molecule has 0 aromatic heterocycles. The lowest BCUT2D eigenvalue weighted by Gasteiger charge is -2.35. The summed E-state index contributed by atoms with van der Waals surface area (Å²) in [6, 6.07) is 9.94. The minimum atomic E-state index is -3.81. The van der Waals surface area contributed by atoms with E-state index in [1.807, 2.05) is 19.9 Å². The van der Waals surface area contributed by atoms with Crippen LogP contribution in [0.1, 0.15) is 58.2 Å². The number of benzene rings is 2. The number of nitrogens with zero attached hydrogens (tertiary/aromatic N) is 3. The molecule has 3 rings (SSSR count). The van der Waals surface area contributed by atoms with Crippen molar-refractivity contribution in [2.45, 2.75) is 40.2 Å². The number of nitrogens with one attached hydrogen (secondary N) is 1. The molecule has 11 heteroatoms. The van der Waals surface area contributed by atoms with Gasteiger partial charge in [0.15, 0.2) is 0 Å². The Balaban J connectivity index is 1.92. The Morgan fingerprint density at radius 1 is 1.06 bits per heavy atom. The van der Waals surface area contributed by atoms with E-state index in [4.69, 9.17) is 0 Å². The van der Waals surface area contributed by atoms with E-state index in [2.05, 4.69) is 10.5 Å². The van der Waals surface area contributed by atoms with Gasteiger partial charge in [0.25, 0.3) is 11.8 Å². The van der Waals surface area contributed by atoms with Gasteiger partial charge >= 0.3 is 7.05 Å². The van der Waals surface area contributed by atoms with Crippen LogP contribution in [0.15, 0.2) is 41.5 Å². The minimum Gasteiger partial charge on any atom is -0.427 e. The van der Waals surface area contributed by atoms with Gasteiger partial charge in [-0.05, 0) is 69.9 Å². The number of hydrazine groups is 1. The summed E-state index contributed by atoms with van der Waals surface area (Å²) in [5, 5.41) is 15.5. The van der Waals surface area contributed by atoms with Gasteiger partial charge in [0.2, 0.25) is 10.0 Å². The first-order valence-corrected chi connectivity index (χ1v) is 12.1. The predicted octanol–water partition coefficient (Wildman–Crippen LogP) is 1.19. The van der Waals surface area contributed by atoms with Crippen LogP contribution >= 0.6 is 0 Å². The molecule has 0 saturated heterocycles. The Kier molecular flexibility index (Phi) is 6.41. The number of sulfonamides is 1. The number of carbonyl (C=O) groups excluding carboxylic acids is 2. The maximum absolute atomic E-state index is 13.3. The van der Waals surface area contributed by atoms with Crippen molar-refractivity contribution in [3.05, 3.63) is 64.2 Å². The van der Waals surface area contributed by atoms with E-state index in [1.165, 1.54) is 23.4 Å². The molecule has 0 radical (unpaired) electrons. The normalized spacial score (nSPS) is 13.5. The lowest BCUT2D eigenvalue weighted by molar-refractivity contribution is 0.0358.